The standard InChI is InChI=1S/C16H20BrN3S/c1-3-21-15-14(12-4-6-13(17)7-5-12)18-16(19-15)8-10-20(2)11-9-16/h4-7H,3,8-11H2,1-2H3. The van der Waals surface area contributed by atoms with Crippen LogP contribution in [0.15, 0.2) is 38.7 Å². The van der Waals surface area contributed by atoms with Gasteiger partial charge in [-0.25, -0.2) is 4.99 Å². The SMILES string of the molecule is CCSC1=NC2(CCN(C)CC2)N=C1c1ccc(Br)cc1. The van der Waals surface area contributed by atoms with Crippen molar-refractivity contribution in [3.05, 3.63) is 34.3 Å². The molecule has 0 bridgehead atoms. The zero-order valence-corrected chi connectivity index (χ0v) is 14.9. The first-order valence-electron chi connectivity index (χ1n) is 7.39. The third-order valence-electron chi connectivity index (χ3n) is 4.02. The van der Waals surface area contributed by atoms with E-state index in [1.165, 1.54) is 5.56 Å². The largest absolute Gasteiger partial charge is 0.306 e. The third-order valence-corrected chi connectivity index (χ3v) is 5.39. The zero-order chi connectivity index (χ0) is 14.9. The van der Waals surface area contributed by atoms with Crippen molar-refractivity contribution in [1.82, 2.24) is 4.90 Å². The number of aliphatic imine (C=N–C) groups is 2. The molecular weight excluding hydrogens is 346 g/mol. The Morgan fingerprint density at radius 2 is 1.86 bits per heavy atom. The van der Waals surface area contributed by atoms with E-state index in [0.29, 0.717) is 0 Å². The van der Waals surface area contributed by atoms with E-state index >= 15 is 0 Å². The van der Waals surface area contributed by atoms with Crippen LogP contribution < -0.4 is 0 Å². The molecule has 112 valence electrons. The maximum Gasteiger partial charge on any atom is 0.154 e. The summed E-state index contributed by atoms with van der Waals surface area (Å²) in [6, 6.07) is 8.41. The molecule has 0 amide bonds. The second kappa shape index (κ2) is 6.23. The quantitative estimate of drug-likeness (QED) is 0.796. The van der Waals surface area contributed by atoms with Crippen LogP contribution in [0.25, 0.3) is 0 Å². The average molecular weight is 366 g/mol. The summed E-state index contributed by atoms with van der Waals surface area (Å²) in [5, 5.41) is 1.12. The van der Waals surface area contributed by atoms with Crippen LogP contribution in [0.2, 0.25) is 0 Å². The molecule has 0 aromatic heterocycles. The Morgan fingerprint density at radius 3 is 2.48 bits per heavy atom. The van der Waals surface area contributed by atoms with Crippen molar-refractivity contribution in [3.8, 4) is 0 Å². The van der Waals surface area contributed by atoms with Crippen molar-refractivity contribution in [1.29, 1.82) is 0 Å². The number of piperidine rings is 1. The van der Waals surface area contributed by atoms with Crippen LogP contribution in [0.4, 0.5) is 0 Å². The first-order valence-corrected chi connectivity index (χ1v) is 9.17. The fourth-order valence-corrected chi connectivity index (χ4v) is 3.83. The summed E-state index contributed by atoms with van der Waals surface area (Å²) < 4.78 is 1.10. The number of likely N-dealkylation sites (tertiary alicyclic amines) is 1. The summed E-state index contributed by atoms with van der Waals surface area (Å²) in [5.74, 6) is 1.03. The molecule has 0 atom stereocenters. The van der Waals surface area contributed by atoms with Crippen LogP contribution in [-0.2, 0) is 0 Å². The fourth-order valence-electron chi connectivity index (χ4n) is 2.76. The molecule has 0 saturated carbocycles. The summed E-state index contributed by atoms with van der Waals surface area (Å²) in [6.07, 6.45) is 2.05. The molecular formula is C16H20BrN3S. The van der Waals surface area contributed by atoms with E-state index in [1.807, 2.05) is 11.8 Å². The van der Waals surface area contributed by atoms with Crippen LogP contribution in [0.3, 0.4) is 0 Å². The lowest BCUT2D eigenvalue weighted by molar-refractivity contribution is 0.201. The van der Waals surface area contributed by atoms with Crippen LogP contribution in [0.1, 0.15) is 25.3 Å². The van der Waals surface area contributed by atoms with Crippen molar-refractivity contribution in [2.45, 2.75) is 25.4 Å². The Labute approximate surface area is 139 Å². The minimum atomic E-state index is -0.202. The van der Waals surface area contributed by atoms with Crippen molar-refractivity contribution >= 4 is 38.4 Å². The highest BCUT2D eigenvalue weighted by atomic mass is 79.9. The summed E-state index contributed by atoms with van der Waals surface area (Å²) in [6.45, 7) is 4.32. The Bertz CT molecular complexity index is 572. The van der Waals surface area contributed by atoms with Gasteiger partial charge in [0.25, 0.3) is 0 Å². The van der Waals surface area contributed by atoms with E-state index in [0.717, 1.165) is 46.9 Å². The van der Waals surface area contributed by atoms with E-state index in [2.05, 4.69) is 59.1 Å². The van der Waals surface area contributed by atoms with Gasteiger partial charge in [-0.3, -0.25) is 4.99 Å². The van der Waals surface area contributed by atoms with Crippen molar-refractivity contribution in [2.75, 3.05) is 25.9 Å². The monoisotopic (exact) mass is 365 g/mol. The molecule has 5 heteroatoms. The van der Waals surface area contributed by atoms with Gasteiger partial charge in [-0.05, 0) is 24.9 Å². The number of hydrogen-bond donors (Lipinski definition) is 0. The van der Waals surface area contributed by atoms with Crippen LogP contribution in [-0.4, -0.2) is 47.2 Å². The Hall–Kier alpha value is -0.650. The second-order valence-corrected chi connectivity index (χ2v) is 7.77. The predicted molar refractivity (Wildman–Crippen MR) is 95.7 cm³/mol. The second-order valence-electron chi connectivity index (χ2n) is 5.60. The Kier molecular flexibility index (Phi) is 4.52. The fraction of sp³-hybridized carbons (Fsp3) is 0.500. The van der Waals surface area contributed by atoms with Crippen molar-refractivity contribution in [2.24, 2.45) is 9.98 Å². The summed E-state index contributed by atoms with van der Waals surface area (Å²) in [5.41, 5.74) is 2.06. The van der Waals surface area contributed by atoms with E-state index in [9.17, 15) is 0 Å². The van der Waals surface area contributed by atoms with E-state index in [1.54, 1.807) is 0 Å². The number of halogens is 1. The highest BCUT2D eigenvalue weighted by molar-refractivity contribution is 9.10. The van der Waals surface area contributed by atoms with E-state index in [4.69, 9.17) is 9.98 Å². The highest BCUT2D eigenvalue weighted by Crippen LogP contribution is 2.35. The van der Waals surface area contributed by atoms with E-state index < -0.39 is 0 Å². The lowest BCUT2D eigenvalue weighted by atomic mass is 9.99. The van der Waals surface area contributed by atoms with Crippen LogP contribution in [0.5, 0.6) is 0 Å². The van der Waals surface area contributed by atoms with Gasteiger partial charge in [-0.15, -0.1) is 11.8 Å². The zero-order valence-electron chi connectivity index (χ0n) is 12.5. The molecule has 1 spiro atoms. The van der Waals surface area contributed by atoms with Crippen molar-refractivity contribution in [3.63, 3.8) is 0 Å². The number of thioether (sulfide) groups is 1. The molecule has 1 fully saturated rings. The van der Waals surface area contributed by atoms with Gasteiger partial charge >= 0.3 is 0 Å². The minimum absolute atomic E-state index is 0.202. The van der Waals surface area contributed by atoms with Gasteiger partial charge in [-0.1, -0.05) is 35.0 Å². The first kappa shape index (κ1) is 15.3. The number of hydrogen-bond acceptors (Lipinski definition) is 4. The maximum atomic E-state index is 5.06. The van der Waals surface area contributed by atoms with Gasteiger partial charge in [0.05, 0.1) is 5.71 Å². The summed E-state index contributed by atoms with van der Waals surface area (Å²) in [4.78, 5) is 12.4. The number of rotatable bonds is 2. The van der Waals surface area contributed by atoms with Crippen LogP contribution in [0, 0.1) is 0 Å². The van der Waals surface area contributed by atoms with Gasteiger partial charge < -0.3 is 4.90 Å². The highest BCUT2D eigenvalue weighted by Gasteiger charge is 2.38. The summed E-state index contributed by atoms with van der Waals surface area (Å²) >= 11 is 5.30. The van der Waals surface area contributed by atoms with Gasteiger partial charge in [0.15, 0.2) is 5.66 Å². The van der Waals surface area contributed by atoms with E-state index in [-0.39, 0.29) is 5.66 Å². The molecule has 1 aromatic rings. The lowest BCUT2D eigenvalue weighted by Crippen LogP contribution is -2.39. The number of nitrogens with zero attached hydrogens (tertiary/aromatic N) is 3. The molecule has 2 heterocycles. The molecule has 1 aromatic carbocycles. The number of benzene rings is 1. The minimum Gasteiger partial charge on any atom is -0.306 e. The van der Waals surface area contributed by atoms with Gasteiger partial charge in [0.2, 0.25) is 0 Å². The molecule has 0 N–H and O–H groups in total. The Morgan fingerprint density at radius 1 is 1.19 bits per heavy atom. The molecule has 0 aliphatic carbocycles. The smallest absolute Gasteiger partial charge is 0.154 e. The molecule has 1 saturated heterocycles. The molecule has 0 unspecified atom stereocenters. The topological polar surface area (TPSA) is 28.0 Å². The average Bonchev–Trinajstić information content (AvgIpc) is 2.83. The lowest BCUT2D eigenvalue weighted by Gasteiger charge is -2.33. The maximum absolute atomic E-state index is 5.06. The molecule has 21 heavy (non-hydrogen) atoms. The third kappa shape index (κ3) is 3.25. The Balaban J connectivity index is 1.94. The normalized spacial score (nSPS) is 21.5. The first-order chi connectivity index (χ1) is 10.1. The summed E-state index contributed by atoms with van der Waals surface area (Å²) in [7, 11) is 2.17. The van der Waals surface area contributed by atoms with Crippen molar-refractivity contribution < 1.29 is 0 Å². The molecule has 2 aliphatic rings. The van der Waals surface area contributed by atoms with Gasteiger partial charge in [0.1, 0.15) is 5.04 Å². The van der Waals surface area contributed by atoms with Gasteiger partial charge in [-0.2, -0.15) is 0 Å². The molecule has 2 aliphatic heterocycles. The molecule has 3 rings (SSSR count). The molecule has 0 radical (unpaired) electrons. The predicted octanol–water partition coefficient (Wildman–Crippen LogP) is 3.83. The van der Waals surface area contributed by atoms with Crippen LogP contribution >= 0.6 is 27.7 Å². The van der Waals surface area contributed by atoms with Gasteiger partial charge in [0, 0.05) is 36.0 Å². The molecule has 3 nitrogen and oxygen atoms in total.